The van der Waals surface area contributed by atoms with Crippen molar-refractivity contribution in [1.82, 2.24) is 9.55 Å². The zero-order valence-corrected chi connectivity index (χ0v) is 9.00. The SMILES string of the molecule is Cc1n[c]cn1CCCC1CCCC1. The van der Waals surface area contributed by atoms with Crippen LogP contribution in [0.4, 0.5) is 0 Å². The molecule has 2 heteroatoms. The van der Waals surface area contributed by atoms with Crippen LogP contribution in [0.3, 0.4) is 0 Å². The first-order chi connectivity index (χ1) is 6.86. The number of hydrogen-bond acceptors (Lipinski definition) is 1. The Bertz CT molecular complexity index is 272. The number of aryl methyl sites for hydroxylation is 2. The number of imidazole rings is 1. The van der Waals surface area contributed by atoms with Crippen LogP contribution in [0.1, 0.15) is 44.3 Å². The topological polar surface area (TPSA) is 17.8 Å². The van der Waals surface area contributed by atoms with E-state index in [1.807, 2.05) is 13.1 Å². The van der Waals surface area contributed by atoms with Crippen LogP contribution < -0.4 is 0 Å². The summed E-state index contributed by atoms with van der Waals surface area (Å²) in [6.07, 6.45) is 13.4. The van der Waals surface area contributed by atoms with Crippen LogP contribution in [0.25, 0.3) is 0 Å². The van der Waals surface area contributed by atoms with E-state index >= 15 is 0 Å². The molecule has 0 unspecified atom stereocenters. The first kappa shape index (κ1) is 9.75. The molecule has 0 amide bonds. The van der Waals surface area contributed by atoms with E-state index in [2.05, 4.69) is 15.7 Å². The largest absolute Gasteiger partial charge is 0.334 e. The summed E-state index contributed by atoms with van der Waals surface area (Å²) in [5.41, 5.74) is 0. The van der Waals surface area contributed by atoms with Gasteiger partial charge in [0.05, 0.1) is 0 Å². The van der Waals surface area contributed by atoms with Gasteiger partial charge in [-0.15, -0.1) is 0 Å². The Morgan fingerprint density at radius 2 is 2.29 bits per heavy atom. The Morgan fingerprint density at radius 3 is 2.93 bits per heavy atom. The van der Waals surface area contributed by atoms with Crippen LogP contribution in [0, 0.1) is 19.0 Å². The van der Waals surface area contributed by atoms with E-state index < -0.39 is 0 Å². The van der Waals surface area contributed by atoms with Gasteiger partial charge >= 0.3 is 0 Å². The van der Waals surface area contributed by atoms with Gasteiger partial charge < -0.3 is 4.57 Å². The Balaban J connectivity index is 1.70. The van der Waals surface area contributed by atoms with Gasteiger partial charge in [0.1, 0.15) is 12.0 Å². The fraction of sp³-hybridized carbons (Fsp3) is 0.750. The zero-order chi connectivity index (χ0) is 9.80. The van der Waals surface area contributed by atoms with Gasteiger partial charge in [0.2, 0.25) is 0 Å². The molecule has 1 aromatic rings. The van der Waals surface area contributed by atoms with E-state index in [1.165, 1.54) is 38.5 Å². The van der Waals surface area contributed by atoms with Crippen molar-refractivity contribution in [2.24, 2.45) is 5.92 Å². The molecule has 0 aliphatic heterocycles. The Kier molecular flexibility index (Phi) is 3.22. The van der Waals surface area contributed by atoms with Gasteiger partial charge in [-0.3, -0.25) is 0 Å². The summed E-state index contributed by atoms with van der Waals surface area (Å²) < 4.78 is 2.20. The molecule has 1 radical (unpaired) electrons. The minimum absolute atomic E-state index is 1.02. The second kappa shape index (κ2) is 4.63. The van der Waals surface area contributed by atoms with Gasteiger partial charge in [-0.25, -0.2) is 4.98 Å². The van der Waals surface area contributed by atoms with Crippen molar-refractivity contribution in [3.05, 3.63) is 18.2 Å². The standard InChI is InChI=1S/C12H19N2/c1-11-13-8-10-14(11)9-4-7-12-5-2-3-6-12/h10,12H,2-7,9H2,1H3. The minimum atomic E-state index is 1.02. The lowest BCUT2D eigenvalue weighted by Crippen LogP contribution is -2.02. The predicted molar refractivity (Wildman–Crippen MR) is 57.0 cm³/mol. The molecule has 0 spiro atoms. The maximum Gasteiger partial charge on any atom is 0.109 e. The summed E-state index contributed by atoms with van der Waals surface area (Å²) in [6.45, 7) is 3.17. The summed E-state index contributed by atoms with van der Waals surface area (Å²) in [7, 11) is 0. The van der Waals surface area contributed by atoms with Crippen molar-refractivity contribution in [2.75, 3.05) is 0 Å². The lowest BCUT2D eigenvalue weighted by Gasteiger charge is -2.09. The Hall–Kier alpha value is -0.790. The van der Waals surface area contributed by atoms with Crippen molar-refractivity contribution in [2.45, 2.75) is 52.0 Å². The molecule has 1 aliphatic rings. The van der Waals surface area contributed by atoms with E-state index in [-0.39, 0.29) is 0 Å². The van der Waals surface area contributed by atoms with Crippen molar-refractivity contribution >= 4 is 0 Å². The molecule has 2 nitrogen and oxygen atoms in total. The van der Waals surface area contributed by atoms with Gasteiger partial charge in [0.25, 0.3) is 0 Å². The van der Waals surface area contributed by atoms with Crippen LogP contribution in [0.2, 0.25) is 0 Å². The highest BCUT2D eigenvalue weighted by Gasteiger charge is 2.14. The van der Waals surface area contributed by atoms with Crippen LogP contribution in [0.5, 0.6) is 0 Å². The smallest absolute Gasteiger partial charge is 0.109 e. The average Bonchev–Trinajstić information content (AvgIpc) is 2.78. The molecule has 77 valence electrons. The monoisotopic (exact) mass is 191 g/mol. The number of rotatable bonds is 4. The van der Waals surface area contributed by atoms with Crippen molar-refractivity contribution in [1.29, 1.82) is 0 Å². The third kappa shape index (κ3) is 2.37. The summed E-state index contributed by atoms with van der Waals surface area (Å²) in [5.74, 6) is 2.11. The summed E-state index contributed by atoms with van der Waals surface area (Å²) in [4.78, 5) is 4.11. The average molecular weight is 191 g/mol. The van der Waals surface area contributed by atoms with Gasteiger partial charge in [-0.2, -0.15) is 0 Å². The van der Waals surface area contributed by atoms with Gasteiger partial charge in [0, 0.05) is 12.7 Å². The molecule has 1 saturated carbocycles. The molecular weight excluding hydrogens is 172 g/mol. The minimum Gasteiger partial charge on any atom is -0.334 e. The summed E-state index contributed by atoms with van der Waals surface area (Å²) >= 11 is 0. The first-order valence-electron chi connectivity index (χ1n) is 5.76. The normalized spacial score (nSPS) is 17.8. The third-order valence-electron chi connectivity index (χ3n) is 3.34. The molecule has 1 fully saturated rings. The van der Waals surface area contributed by atoms with Gasteiger partial charge in [-0.05, 0) is 25.7 Å². The summed E-state index contributed by atoms with van der Waals surface area (Å²) in [6, 6.07) is 0. The van der Waals surface area contributed by atoms with E-state index in [0.29, 0.717) is 0 Å². The van der Waals surface area contributed by atoms with Crippen molar-refractivity contribution in [3.8, 4) is 0 Å². The molecule has 0 saturated heterocycles. The number of nitrogens with zero attached hydrogens (tertiary/aromatic N) is 2. The van der Waals surface area contributed by atoms with E-state index in [9.17, 15) is 0 Å². The van der Waals surface area contributed by atoms with Crippen molar-refractivity contribution < 1.29 is 0 Å². The molecule has 0 aromatic carbocycles. The fourth-order valence-electron chi connectivity index (χ4n) is 2.43. The van der Waals surface area contributed by atoms with Crippen LogP contribution in [0.15, 0.2) is 6.20 Å². The quantitative estimate of drug-likeness (QED) is 0.715. The van der Waals surface area contributed by atoms with E-state index in [0.717, 1.165) is 18.3 Å². The molecule has 1 aliphatic carbocycles. The maximum absolute atomic E-state index is 4.11. The lowest BCUT2D eigenvalue weighted by molar-refractivity contribution is 0.456. The number of aromatic nitrogens is 2. The molecule has 1 heterocycles. The second-order valence-electron chi connectivity index (χ2n) is 4.40. The Morgan fingerprint density at radius 1 is 1.50 bits per heavy atom. The molecule has 1 aromatic heterocycles. The highest BCUT2D eigenvalue weighted by Crippen LogP contribution is 2.28. The first-order valence-corrected chi connectivity index (χ1v) is 5.76. The van der Waals surface area contributed by atoms with Gasteiger partial charge in [0.15, 0.2) is 0 Å². The van der Waals surface area contributed by atoms with Crippen molar-refractivity contribution in [3.63, 3.8) is 0 Å². The molecule has 2 rings (SSSR count). The molecular formula is C12H19N2. The lowest BCUT2D eigenvalue weighted by atomic mass is 10.0. The predicted octanol–water partition coefficient (Wildman–Crippen LogP) is 2.96. The zero-order valence-electron chi connectivity index (χ0n) is 9.00. The molecule has 0 bridgehead atoms. The Labute approximate surface area is 86.3 Å². The summed E-state index contributed by atoms with van der Waals surface area (Å²) in [5, 5.41) is 0. The molecule has 0 atom stereocenters. The highest BCUT2D eigenvalue weighted by atomic mass is 15.0. The number of hydrogen-bond donors (Lipinski definition) is 0. The maximum atomic E-state index is 4.11. The molecule has 14 heavy (non-hydrogen) atoms. The van der Waals surface area contributed by atoms with E-state index in [4.69, 9.17) is 0 Å². The van der Waals surface area contributed by atoms with E-state index in [1.54, 1.807) is 0 Å². The fourth-order valence-corrected chi connectivity index (χ4v) is 2.43. The second-order valence-corrected chi connectivity index (χ2v) is 4.40. The highest BCUT2D eigenvalue weighted by molar-refractivity contribution is 4.86. The molecule has 0 N–H and O–H groups in total. The van der Waals surface area contributed by atoms with Crippen LogP contribution in [-0.2, 0) is 6.54 Å². The van der Waals surface area contributed by atoms with Gasteiger partial charge in [-0.1, -0.05) is 25.7 Å². The van der Waals surface area contributed by atoms with Crippen LogP contribution in [-0.4, -0.2) is 9.55 Å². The van der Waals surface area contributed by atoms with Crippen LogP contribution >= 0.6 is 0 Å². The third-order valence-corrected chi connectivity index (χ3v) is 3.34.